The molecule has 0 bridgehead atoms. The van der Waals surface area contributed by atoms with Gasteiger partial charge in [0.1, 0.15) is 6.04 Å². The van der Waals surface area contributed by atoms with E-state index in [1.807, 2.05) is 29.2 Å². The number of carbonyl (C=O) groups excluding carboxylic acids is 2. The van der Waals surface area contributed by atoms with Crippen molar-refractivity contribution in [1.82, 2.24) is 25.1 Å². The van der Waals surface area contributed by atoms with E-state index >= 15 is 0 Å². The third-order valence-corrected chi connectivity index (χ3v) is 7.20. The normalized spacial score (nSPS) is 19.3. The maximum absolute atomic E-state index is 13.5. The van der Waals surface area contributed by atoms with Gasteiger partial charge >= 0.3 is 0 Å². The fourth-order valence-electron chi connectivity index (χ4n) is 4.98. The molecule has 3 rings (SSSR count). The maximum atomic E-state index is 13.5. The fourth-order valence-corrected chi connectivity index (χ4v) is 5.11. The van der Waals surface area contributed by atoms with Gasteiger partial charge in [0.25, 0.3) is 0 Å². The highest BCUT2D eigenvalue weighted by molar-refractivity contribution is 6.30. The van der Waals surface area contributed by atoms with E-state index in [1.165, 1.54) is 0 Å². The molecule has 2 aliphatic heterocycles. The maximum Gasteiger partial charge on any atom is 0.245 e. The second-order valence-electron chi connectivity index (χ2n) is 10.3. The number of amides is 2. The van der Waals surface area contributed by atoms with E-state index in [0.717, 1.165) is 51.1 Å². The number of likely N-dealkylation sites (tertiary alicyclic amines) is 1. The topological polar surface area (TPSA) is 85.1 Å². The second-order valence-corrected chi connectivity index (χ2v) is 10.8. The zero-order chi connectivity index (χ0) is 25.4. The van der Waals surface area contributed by atoms with E-state index in [4.69, 9.17) is 17.3 Å². The molecule has 1 atom stereocenters. The van der Waals surface area contributed by atoms with Gasteiger partial charge in [-0.1, -0.05) is 37.6 Å². The van der Waals surface area contributed by atoms with Crippen LogP contribution >= 0.6 is 11.6 Å². The number of likely N-dealkylation sites (N-methyl/N-ethyl adjacent to an activating group) is 1. The largest absolute Gasteiger partial charge is 0.344 e. The van der Waals surface area contributed by atoms with Crippen LogP contribution in [0.25, 0.3) is 0 Å². The Morgan fingerprint density at radius 3 is 2.29 bits per heavy atom. The van der Waals surface area contributed by atoms with Gasteiger partial charge in [-0.2, -0.15) is 0 Å². The average molecular weight is 507 g/mol. The van der Waals surface area contributed by atoms with Crippen LogP contribution in [0.3, 0.4) is 0 Å². The molecule has 0 radical (unpaired) electrons. The Balaban J connectivity index is 1.64. The number of benzene rings is 1. The summed E-state index contributed by atoms with van der Waals surface area (Å²) < 4.78 is 0. The monoisotopic (exact) mass is 506 g/mol. The zero-order valence-corrected chi connectivity index (χ0v) is 22.3. The van der Waals surface area contributed by atoms with Crippen molar-refractivity contribution in [2.75, 3.05) is 59.4 Å². The Labute approximate surface area is 215 Å². The molecule has 1 aromatic rings. The first-order valence-corrected chi connectivity index (χ1v) is 13.4. The molecule has 0 saturated carbocycles. The molecule has 1 aromatic carbocycles. The van der Waals surface area contributed by atoms with E-state index in [2.05, 4.69) is 41.1 Å². The Kier molecular flexibility index (Phi) is 10.8. The lowest BCUT2D eigenvalue weighted by Crippen LogP contribution is -2.60. The van der Waals surface area contributed by atoms with Crippen LogP contribution in [0.15, 0.2) is 24.3 Å². The third-order valence-electron chi connectivity index (χ3n) is 6.95. The number of hydrogen-bond acceptors (Lipinski definition) is 6. The summed E-state index contributed by atoms with van der Waals surface area (Å²) in [6.07, 6.45) is 2.53. The van der Waals surface area contributed by atoms with E-state index in [1.54, 1.807) is 0 Å². The average Bonchev–Trinajstić information content (AvgIpc) is 2.84. The number of hydrazine groups is 1. The van der Waals surface area contributed by atoms with Crippen molar-refractivity contribution in [2.24, 2.45) is 11.7 Å². The molecule has 2 fully saturated rings. The summed E-state index contributed by atoms with van der Waals surface area (Å²) in [6, 6.07) is 7.27. The summed E-state index contributed by atoms with van der Waals surface area (Å²) >= 11 is 6.02. The van der Waals surface area contributed by atoms with Crippen molar-refractivity contribution < 1.29 is 9.59 Å². The minimum atomic E-state index is -0.601. The van der Waals surface area contributed by atoms with Crippen LogP contribution in [0.4, 0.5) is 0 Å². The standard InChI is InChI=1S/C26H43ClN6O2/c1-20(2)19-33(32-16-14-30(3)15-17-32)23-9-12-31(13-10-23)26(35)24(29-25(34)8-11-28)18-21-4-6-22(27)7-5-21/h4-7,20,23-24H,8-19,28H2,1-3H3,(H,29,34). The molecule has 8 nitrogen and oxygen atoms in total. The number of piperidine rings is 1. The second kappa shape index (κ2) is 13.6. The number of halogens is 1. The first kappa shape index (κ1) is 27.9. The van der Waals surface area contributed by atoms with Crippen molar-refractivity contribution in [2.45, 2.75) is 51.6 Å². The number of nitrogens with one attached hydrogen (secondary N) is 1. The van der Waals surface area contributed by atoms with E-state index in [-0.39, 0.29) is 24.8 Å². The van der Waals surface area contributed by atoms with Crippen molar-refractivity contribution in [3.05, 3.63) is 34.9 Å². The van der Waals surface area contributed by atoms with Gasteiger partial charge in [-0.25, -0.2) is 10.0 Å². The van der Waals surface area contributed by atoms with E-state index in [9.17, 15) is 9.59 Å². The molecule has 2 saturated heterocycles. The summed E-state index contributed by atoms with van der Waals surface area (Å²) in [5, 5.41) is 8.68. The van der Waals surface area contributed by atoms with Gasteiger partial charge in [0.05, 0.1) is 0 Å². The van der Waals surface area contributed by atoms with Crippen LogP contribution in [0, 0.1) is 5.92 Å². The van der Waals surface area contributed by atoms with Crippen LogP contribution in [0.5, 0.6) is 0 Å². The Bertz CT molecular complexity index is 805. The minimum Gasteiger partial charge on any atom is -0.344 e. The molecule has 1 unspecified atom stereocenters. The van der Waals surface area contributed by atoms with Gasteiger partial charge in [0, 0.05) is 76.3 Å². The molecule has 2 aliphatic rings. The highest BCUT2D eigenvalue weighted by Gasteiger charge is 2.34. The van der Waals surface area contributed by atoms with Gasteiger partial charge in [0.2, 0.25) is 11.8 Å². The molecule has 9 heteroatoms. The number of nitrogens with two attached hydrogens (primary N) is 1. The third kappa shape index (κ3) is 8.43. The predicted molar refractivity (Wildman–Crippen MR) is 141 cm³/mol. The quantitative estimate of drug-likeness (QED) is 0.503. The van der Waals surface area contributed by atoms with E-state index < -0.39 is 6.04 Å². The van der Waals surface area contributed by atoms with Crippen molar-refractivity contribution in [1.29, 1.82) is 0 Å². The fraction of sp³-hybridized carbons (Fsp3) is 0.692. The smallest absolute Gasteiger partial charge is 0.245 e. The zero-order valence-electron chi connectivity index (χ0n) is 21.6. The summed E-state index contributed by atoms with van der Waals surface area (Å²) in [6.45, 7) is 11.5. The van der Waals surface area contributed by atoms with Gasteiger partial charge in [-0.05, 0) is 43.5 Å². The number of piperazine rings is 1. The predicted octanol–water partition coefficient (Wildman–Crippen LogP) is 1.83. The Hall–Kier alpha value is -1.71. The van der Waals surface area contributed by atoms with Gasteiger partial charge < -0.3 is 20.9 Å². The first-order chi connectivity index (χ1) is 16.8. The lowest BCUT2D eigenvalue weighted by atomic mass is 10.00. The van der Waals surface area contributed by atoms with Crippen LogP contribution in [-0.4, -0.2) is 103 Å². The number of hydrogen-bond donors (Lipinski definition) is 2. The van der Waals surface area contributed by atoms with Crippen LogP contribution in [0.1, 0.15) is 38.7 Å². The lowest BCUT2D eigenvalue weighted by Gasteiger charge is -2.47. The lowest BCUT2D eigenvalue weighted by molar-refractivity contribution is -0.140. The van der Waals surface area contributed by atoms with Crippen molar-refractivity contribution in [3.63, 3.8) is 0 Å². The van der Waals surface area contributed by atoms with Crippen molar-refractivity contribution >= 4 is 23.4 Å². The molecule has 196 valence electrons. The minimum absolute atomic E-state index is 0.0150. The summed E-state index contributed by atoms with van der Waals surface area (Å²) in [5.41, 5.74) is 6.52. The summed E-state index contributed by atoms with van der Waals surface area (Å²) in [5.74, 6) is 0.377. The summed E-state index contributed by atoms with van der Waals surface area (Å²) in [4.78, 5) is 30.2. The SMILES string of the molecule is CC(C)CN(C1CCN(C(=O)C(Cc2ccc(Cl)cc2)NC(=O)CCN)CC1)N1CCN(C)CC1. The van der Waals surface area contributed by atoms with Crippen LogP contribution in [-0.2, 0) is 16.0 Å². The molecule has 0 aliphatic carbocycles. The Morgan fingerprint density at radius 2 is 1.71 bits per heavy atom. The molecule has 35 heavy (non-hydrogen) atoms. The Morgan fingerprint density at radius 1 is 1.09 bits per heavy atom. The molecule has 0 spiro atoms. The highest BCUT2D eigenvalue weighted by atomic mass is 35.5. The van der Waals surface area contributed by atoms with Gasteiger partial charge in [0.15, 0.2) is 0 Å². The highest BCUT2D eigenvalue weighted by Crippen LogP contribution is 2.22. The molecule has 3 N–H and O–H groups in total. The summed E-state index contributed by atoms with van der Waals surface area (Å²) in [7, 11) is 2.18. The van der Waals surface area contributed by atoms with E-state index in [0.29, 0.717) is 36.5 Å². The number of rotatable bonds is 10. The van der Waals surface area contributed by atoms with Crippen molar-refractivity contribution in [3.8, 4) is 0 Å². The molecule has 2 amide bonds. The number of nitrogens with zero attached hydrogens (tertiary/aromatic N) is 4. The molecular formula is C26H43ClN6O2. The van der Waals surface area contributed by atoms with Crippen LogP contribution in [0.2, 0.25) is 5.02 Å². The first-order valence-electron chi connectivity index (χ1n) is 13.0. The molecule has 2 heterocycles. The van der Waals surface area contributed by atoms with Gasteiger partial charge in [-0.3, -0.25) is 9.59 Å². The van der Waals surface area contributed by atoms with Crippen LogP contribution < -0.4 is 11.1 Å². The number of carbonyl (C=O) groups is 2. The molecule has 0 aromatic heterocycles. The van der Waals surface area contributed by atoms with Gasteiger partial charge in [-0.15, -0.1) is 0 Å². The molecular weight excluding hydrogens is 464 g/mol.